The van der Waals surface area contributed by atoms with Gasteiger partial charge in [0, 0.05) is 4.43 Å². The van der Waals surface area contributed by atoms with E-state index in [2.05, 4.69) is 9.05 Å². The number of rotatable bonds is 5. The lowest BCUT2D eigenvalue weighted by atomic mass is 10.9. The van der Waals surface area contributed by atoms with Crippen molar-refractivity contribution in [2.24, 2.45) is 0 Å². The predicted molar refractivity (Wildman–Crippen MR) is 45.2 cm³/mol. The van der Waals surface area contributed by atoms with E-state index in [1.807, 2.05) is 22.6 Å². The lowest BCUT2D eigenvalue weighted by molar-refractivity contribution is 0.190. The van der Waals surface area contributed by atoms with Gasteiger partial charge in [-0.15, -0.1) is 4.20 Å². The summed E-state index contributed by atoms with van der Waals surface area (Å²) >= 11 is 1.99. The molecule has 0 spiro atoms. The molecule has 0 saturated heterocycles. The molecule has 0 aromatic carbocycles. The van der Waals surface area contributed by atoms with Gasteiger partial charge in [-0.3, -0.25) is 9.05 Å². The molecular weight excluding hydrogens is 273 g/mol. The molecule has 0 bridgehead atoms. The molecule has 62 valence electrons. The Bertz CT molecular complexity index is 132. The number of hydrogen-bond acceptors (Lipinski definition) is 3. The molecular formula is C4H9FIO3P. The summed E-state index contributed by atoms with van der Waals surface area (Å²) in [6.07, 6.45) is 0. The maximum Gasteiger partial charge on any atom is 0.513 e. The first-order chi connectivity index (χ1) is 4.62. The normalized spacial score (nSPS) is 16.7. The van der Waals surface area contributed by atoms with Crippen LogP contribution in [0.25, 0.3) is 0 Å². The Labute approximate surface area is 73.1 Å². The first kappa shape index (κ1) is 10.8. The van der Waals surface area contributed by atoms with Crippen LogP contribution in [-0.4, -0.2) is 17.6 Å². The van der Waals surface area contributed by atoms with Crippen LogP contribution in [0.4, 0.5) is 4.20 Å². The second kappa shape index (κ2) is 5.46. The van der Waals surface area contributed by atoms with E-state index < -0.39 is 7.91 Å². The van der Waals surface area contributed by atoms with E-state index in [9.17, 15) is 8.76 Å². The van der Waals surface area contributed by atoms with Gasteiger partial charge in [0.15, 0.2) is 0 Å². The summed E-state index contributed by atoms with van der Waals surface area (Å²) in [6.45, 7) is 1.74. The highest BCUT2D eigenvalue weighted by Crippen LogP contribution is 2.49. The third-order valence-corrected chi connectivity index (χ3v) is 2.10. The van der Waals surface area contributed by atoms with Gasteiger partial charge in [0.1, 0.15) is 0 Å². The van der Waals surface area contributed by atoms with Crippen LogP contribution in [-0.2, 0) is 13.6 Å². The average Bonchev–Trinajstić information content (AvgIpc) is 1.84. The summed E-state index contributed by atoms with van der Waals surface area (Å²) < 4.78 is 31.9. The first-order valence-corrected chi connectivity index (χ1v) is 5.73. The van der Waals surface area contributed by atoms with Crippen LogP contribution in [0, 0.1) is 0 Å². The number of halogens is 2. The molecule has 0 heterocycles. The lowest BCUT2D eigenvalue weighted by Crippen LogP contribution is -1.93. The largest absolute Gasteiger partial charge is 0.513 e. The van der Waals surface area contributed by atoms with Gasteiger partial charge >= 0.3 is 7.91 Å². The second-order valence-electron chi connectivity index (χ2n) is 1.37. The van der Waals surface area contributed by atoms with Crippen LogP contribution in [0.1, 0.15) is 6.92 Å². The van der Waals surface area contributed by atoms with Crippen molar-refractivity contribution in [1.29, 1.82) is 0 Å². The third-order valence-electron chi connectivity index (χ3n) is 0.606. The van der Waals surface area contributed by atoms with Gasteiger partial charge in [-0.05, 0) is 6.92 Å². The Kier molecular flexibility index (Phi) is 5.90. The molecule has 0 fully saturated rings. The highest BCUT2D eigenvalue weighted by molar-refractivity contribution is 14.1. The highest BCUT2D eigenvalue weighted by Gasteiger charge is 2.21. The van der Waals surface area contributed by atoms with Crippen molar-refractivity contribution in [3.8, 4) is 0 Å². The van der Waals surface area contributed by atoms with E-state index in [1.165, 1.54) is 0 Å². The van der Waals surface area contributed by atoms with Crippen LogP contribution in [0.5, 0.6) is 0 Å². The van der Waals surface area contributed by atoms with Gasteiger partial charge in [-0.25, -0.2) is 4.57 Å². The fraction of sp³-hybridized carbons (Fsp3) is 1.00. The van der Waals surface area contributed by atoms with E-state index in [0.29, 0.717) is 4.43 Å². The molecule has 0 saturated carbocycles. The highest BCUT2D eigenvalue weighted by atomic mass is 127. The van der Waals surface area contributed by atoms with Crippen LogP contribution in [0.2, 0.25) is 0 Å². The minimum absolute atomic E-state index is 0.0645. The zero-order valence-electron chi connectivity index (χ0n) is 5.55. The van der Waals surface area contributed by atoms with Gasteiger partial charge < -0.3 is 0 Å². The molecule has 0 aromatic heterocycles. The van der Waals surface area contributed by atoms with Crippen LogP contribution < -0.4 is 0 Å². The van der Waals surface area contributed by atoms with Crippen molar-refractivity contribution in [2.45, 2.75) is 6.92 Å². The smallest absolute Gasteiger partial charge is 0.284 e. The van der Waals surface area contributed by atoms with Gasteiger partial charge in [0.05, 0.1) is 13.2 Å². The molecule has 0 aliphatic heterocycles. The van der Waals surface area contributed by atoms with E-state index in [0.717, 1.165) is 0 Å². The molecule has 10 heavy (non-hydrogen) atoms. The van der Waals surface area contributed by atoms with Crippen LogP contribution >= 0.6 is 30.5 Å². The van der Waals surface area contributed by atoms with E-state index >= 15 is 0 Å². The summed E-state index contributed by atoms with van der Waals surface area (Å²) in [7, 11) is -4.21. The zero-order chi connectivity index (χ0) is 8.04. The van der Waals surface area contributed by atoms with E-state index in [1.54, 1.807) is 6.92 Å². The summed E-state index contributed by atoms with van der Waals surface area (Å²) in [5.41, 5.74) is 0. The Balaban J connectivity index is 3.53. The third kappa shape index (κ3) is 5.58. The van der Waals surface area contributed by atoms with Gasteiger partial charge in [-0.1, -0.05) is 22.6 Å². The maximum absolute atomic E-state index is 12.4. The standard InChI is InChI=1S/C4H9FIO3P/c1-2-8-10(5,7)9-4-3-6/h2-4H2,1H3. The van der Waals surface area contributed by atoms with E-state index in [4.69, 9.17) is 0 Å². The Morgan fingerprint density at radius 3 is 2.60 bits per heavy atom. The van der Waals surface area contributed by atoms with Crippen molar-refractivity contribution < 1.29 is 17.8 Å². The van der Waals surface area contributed by atoms with Crippen LogP contribution in [0.15, 0.2) is 0 Å². The Morgan fingerprint density at radius 2 is 2.20 bits per heavy atom. The molecule has 0 aliphatic rings. The molecule has 3 nitrogen and oxygen atoms in total. The molecule has 0 amide bonds. The monoisotopic (exact) mass is 282 g/mol. The maximum atomic E-state index is 12.4. The second-order valence-corrected chi connectivity index (χ2v) is 3.83. The van der Waals surface area contributed by atoms with E-state index in [-0.39, 0.29) is 13.2 Å². The fourth-order valence-electron chi connectivity index (χ4n) is 0.335. The topological polar surface area (TPSA) is 35.5 Å². The molecule has 1 atom stereocenters. The number of hydrogen-bond donors (Lipinski definition) is 0. The molecule has 0 radical (unpaired) electrons. The summed E-state index contributed by atoms with van der Waals surface area (Å²) in [6, 6.07) is 0. The summed E-state index contributed by atoms with van der Waals surface area (Å²) in [5.74, 6) is 0. The van der Waals surface area contributed by atoms with Gasteiger partial charge in [-0.2, -0.15) is 0 Å². The molecule has 0 rings (SSSR count). The Morgan fingerprint density at radius 1 is 1.60 bits per heavy atom. The minimum atomic E-state index is -4.21. The van der Waals surface area contributed by atoms with Crippen molar-refractivity contribution in [2.75, 3.05) is 17.6 Å². The van der Waals surface area contributed by atoms with Crippen molar-refractivity contribution in [1.82, 2.24) is 0 Å². The van der Waals surface area contributed by atoms with Crippen LogP contribution in [0.3, 0.4) is 0 Å². The molecule has 0 aliphatic carbocycles. The van der Waals surface area contributed by atoms with Crippen molar-refractivity contribution in [3.05, 3.63) is 0 Å². The molecule has 0 aromatic rings. The van der Waals surface area contributed by atoms with Gasteiger partial charge in [0.25, 0.3) is 0 Å². The quantitative estimate of drug-likeness (QED) is 0.441. The predicted octanol–water partition coefficient (Wildman–Crippen LogP) is 2.55. The SMILES string of the molecule is CCOP(=O)(F)OCCI. The van der Waals surface area contributed by atoms with Gasteiger partial charge in [0.2, 0.25) is 0 Å². The fourth-order valence-corrected chi connectivity index (χ4v) is 1.60. The first-order valence-electron chi connectivity index (χ1n) is 2.77. The number of alkyl halides is 1. The zero-order valence-corrected chi connectivity index (χ0v) is 8.60. The summed E-state index contributed by atoms with van der Waals surface area (Å²) in [5, 5.41) is 0. The van der Waals surface area contributed by atoms with Crippen molar-refractivity contribution >= 4 is 30.5 Å². The summed E-state index contributed by atoms with van der Waals surface area (Å²) in [4.78, 5) is 0. The lowest BCUT2D eigenvalue weighted by Gasteiger charge is -2.05. The van der Waals surface area contributed by atoms with Crippen molar-refractivity contribution in [3.63, 3.8) is 0 Å². The Hall–Kier alpha value is 0.810. The minimum Gasteiger partial charge on any atom is -0.284 e. The molecule has 0 N–H and O–H groups in total. The molecule has 6 heteroatoms. The molecule has 1 unspecified atom stereocenters. The average molecular weight is 282 g/mol.